The Kier molecular flexibility index (Phi) is 6.98. The maximum Gasteiger partial charge on any atom is 0.290 e. The molecule has 1 aliphatic carbocycles. The van der Waals surface area contributed by atoms with E-state index in [4.69, 9.17) is 4.98 Å². The average molecular weight is 493 g/mol. The van der Waals surface area contributed by atoms with Gasteiger partial charge in [0.25, 0.3) is 11.1 Å². The first-order valence-electron chi connectivity index (χ1n) is 11.2. The third-order valence-corrected chi connectivity index (χ3v) is 7.35. The molecule has 1 saturated heterocycles. The van der Waals surface area contributed by atoms with Gasteiger partial charge in [0.1, 0.15) is 0 Å². The minimum atomic E-state index is -0.387. The number of hydrogen-bond acceptors (Lipinski definition) is 9. The van der Waals surface area contributed by atoms with Crippen LogP contribution >= 0.6 is 23.1 Å². The van der Waals surface area contributed by atoms with E-state index in [-0.39, 0.29) is 11.1 Å². The van der Waals surface area contributed by atoms with E-state index in [2.05, 4.69) is 60.9 Å². The SMILES string of the molecule is O=C1NC(=O)/C(=C/c2ccnc(N[C@H]3CC[C@H](NCc4cccc(-c5ccsc5)n4)CC3)n2)S1. The molecule has 3 aromatic rings. The first-order valence-corrected chi connectivity index (χ1v) is 12.9. The summed E-state index contributed by atoms with van der Waals surface area (Å²) >= 11 is 2.57. The molecule has 4 heterocycles. The minimum Gasteiger partial charge on any atom is -0.351 e. The van der Waals surface area contributed by atoms with Crippen molar-refractivity contribution >= 4 is 46.3 Å². The Bertz CT molecular complexity index is 1210. The van der Waals surface area contributed by atoms with Crippen molar-refractivity contribution in [2.45, 2.75) is 44.3 Å². The lowest BCUT2D eigenvalue weighted by atomic mass is 9.91. The van der Waals surface area contributed by atoms with E-state index in [0.717, 1.165) is 55.4 Å². The molecule has 8 nitrogen and oxygen atoms in total. The second-order valence-corrected chi connectivity index (χ2v) is 10.1. The summed E-state index contributed by atoms with van der Waals surface area (Å²) in [5, 5.41) is 13.2. The number of pyridine rings is 1. The molecule has 1 aliphatic heterocycles. The van der Waals surface area contributed by atoms with Crippen LogP contribution in [0.3, 0.4) is 0 Å². The van der Waals surface area contributed by atoms with Gasteiger partial charge in [-0.1, -0.05) is 6.07 Å². The van der Waals surface area contributed by atoms with Gasteiger partial charge in [-0.25, -0.2) is 9.97 Å². The molecule has 174 valence electrons. The van der Waals surface area contributed by atoms with E-state index in [0.29, 0.717) is 28.6 Å². The zero-order valence-electron chi connectivity index (χ0n) is 18.4. The predicted molar refractivity (Wildman–Crippen MR) is 135 cm³/mol. The molecule has 1 saturated carbocycles. The van der Waals surface area contributed by atoms with Gasteiger partial charge in [0.2, 0.25) is 5.95 Å². The van der Waals surface area contributed by atoms with Crippen molar-refractivity contribution in [3.63, 3.8) is 0 Å². The Morgan fingerprint density at radius 1 is 1.06 bits per heavy atom. The highest BCUT2D eigenvalue weighted by Crippen LogP contribution is 2.26. The van der Waals surface area contributed by atoms with Gasteiger partial charge < -0.3 is 10.6 Å². The van der Waals surface area contributed by atoms with Gasteiger partial charge in [-0.15, -0.1) is 0 Å². The number of hydrogen-bond donors (Lipinski definition) is 3. The number of carbonyl (C=O) groups excluding carboxylic acids is 2. The molecular formula is C24H24N6O2S2. The fraction of sp³-hybridized carbons (Fsp3) is 0.292. The number of amides is 2. The summed E-state index contributed by atoms with van der Waals surface area (Å²) in [4.78, 5) is 37.0. The van der Waals surface area contributed by atoms with E-state index < -0.39 is 0 Å². The molecule has 34 heavy (non-hydrogen) atoms. The van der Waals surface area contributed by atoms with E-state index in [1.54, 1.807) is 29.7 Å². The number of nitrogens with zero attached hydrogens (tertiary/aromatic N) is 3. The molecule has 2 amide bonds. The fourth-order valence-corrected chi connectivity index (χ4v) is 5.42. The number of rotatable bonds is 7. The van der Waals surface area contributed by atoms with E-state index in [1.807, 2.05) is 0 Å². The van der Waals surface area contributed by atoms with Crippen molar-refractivity contribution in [1.82, 2.24) is 25.6 Å². The Labute approximate surface area is 205 Å². The molecule has 0 spiro atoms. The molecule has 0 bridgehead atoms. The number of imide groups is 1. The monoisotopic (exact) mass is 492 g/mol. The Hall–Kier alpha value is -3.08. The van der Waals surface area contributed by atoms with Crippen LogP contribution in [0, 0.1) is 0 Å². The van der Waals surface area contributed by atoms with Gasteiger partial charge in [0.05, 0.1) is 22.0 Å². The van der Waals surface area contributed by atoms with Crippen LogP contribution in [-0.4, -0.2) is 38.2 Å². The lowest BCUT2D eigenvalue weighted by Gasteiger charge is -2.29. The third kappa shape index (κ3) is 5.69. The molecule has 0 aromatic carbocycles. The first-order chi connectivity index (χ1) is 16.6. The maximum absolute atomic E-state index is 11.7. The van der Waals surface area contributed by atoms with Crippen LogP contribution in [0.15, 0.2) is 52.2 Å². The molecular weight excluding hydrogens is 468 g/mol. The van der Waals surface area contributed by atoms with Gasteiger partial charge >= 0.3 is 0 Å². The van der Waals surface area contributed by atoms with Crippen molar-refractivity contribution in [3.05, 3.63) is 63.6 Å². The highest BCUT2D eigenvalue weighted by atomic mass is 32.2. The maximum atomic E-state index is 11.7. The van der Waals surface area contributed by atoms with Crippen molar-refractivity contribution < 1.29 is 9.59 Å². The van der Waals surface area contributed by atoms with Gasteiger partial charge in [0, 0.05) is 35.8 Å². The van der Waals surface area contributed by atoms with E-state index in [9.17, 15) is 9.59 Å². The zero-order valence-corrected chi connectivity index (χ0v) is 20.0. The second-order valence-electron chi connectivity index (χ2n) is 8.26. The summed E-state index contributed by atoms with van der Waals surface area (Å²) in [5.74, 6) is 0.150. The standard InChI is InChI=1S/C24H24N6O2S2/c31-22-21(34-24(32)30-22)12-18-8-10-25-23(29-18)28-17-6-4-16(5-7-17)26-13-19-2-1-3-20(27-19)15-9-11-33-14-15/h1-3,8-12,14,16-17,26H,4-7,13H2,(H,25,28,29)(H,30,31,32)/b21-12-/t16-,17-. The first kappa shape index (κ1) is 22.7. The van der Waals surface area contributed by atoms with Crippen LogP contribution < -0.4 is 16.0 Å². The number of thiophene rings is 1. The summed E-state index contributed by atoms with van der Waals surface area (Å²) in [6.07, 6.45) is 7.42. The van der Waals surface area contributed by atoms with E-state index in [1.165, 1.54) is 5.56 Å². The van der Waals surface area contributed by atoms with Crippen molar-refractivity contribution in [2.75, 3.05) is 5.32 Å². The highest BCUT2D eigenvalue weighted by molar-refractivity contribution is 8.18. The molecule has 0 atom stereocenters. The molecule has 3 N–H and O–H groups in total. The van der Waals surface area contributed by atoms with Crippen LogP contribution in [0.5, 0.6) is 0 Å². The number of nitrogens with one attached hydrogen (secondary N) is 3. The Morgan fingerprint density at radius 2 is 1.91 bits per heavy atom. The molecule has 0 radical (unpaired) electrons. The summed E-state index contributed by atoms with van der Waals surface area (Å²) in [6.45, 7) is 0.759. The molecule has 2 aliphatic rings. The molecule has 10 heteroatoms. The van der Waals surface area contributed by atoms with Crippen LogP contribution in [0.25, 0.3) is 17.3 Å². The average Bonchev–Trinajstić information content (AvgIpc) is 3.49. The van der Waals surface area contributed by atoms with Gasteiger partial charge in [-0.3, -0.25) is 19.9 Å². The smallest absolute Gasteiger partial charge is 0.290 e. The predicted octanol–water partition coefficient (Wildman–Crippen LogP) is 4.44. The summed E-state index contributed by atoms with van der Waals surface area (Å²) in [5.41, 5.74) is 3.83. The number of thioether (sulfide) groups is 1. The van der Waals surface area contributed by atoms with Crippen LogP contribution in [-0.2, 0) is 11.3 Å². The normalized spacial score (nSPS) is 21.6. The van der Waals surface area contributed by atoms with Crippen molar-refractivity contribution in [2.24, 2.45) is 0 Å². The zero-order chi connectivity index (χ0) is 23.3. The number of aromatic nitrogens is 3. The summed E-state index contributed by atoms with van der Waals surface area (Å²) in [7, 11) is 0. The molecule has 0 unspecified atom stereocenters. The van der Waals surface area contributed by atoms with Gasteiger partial charge in [-0.05, 0) is 73.2 Å². The van der Waals surface area contributed by atoms with Gasteiger partial charge in [0.15, 0.2) is 0 Å². The quantitative estimate of drug-likeness (QED) is 0.416. The minimum absolute atomic E-state index is 0.298. The molecule has 2 fully saturated rings. The second kappa shape index (κ2) is 10.5. The fourth-order valence-electron chi connectivity index (χ4n) is 4.10. The van der Waals surface area contributed by atoms with Crippen molar-refractivity contribution in [1.29, 1.82) is 0 Å². The largest absolute Gasteiger partial charge is 0.351 e. The Balaban J connectivity index is 1.11. The summed E-state index contributed by atoms with van der Waals surface area (Å²) < 4.78 is 0. The van der Waals surface area contributed by atoms with Gasteiger partial charge in [-0.2, -0.15) is 11.3 Å². The van der Waals surface area contributed by atoms with Crippen LogP contribution in [0.4, 0.5) is 10.7 Å². The summed E-state index contributed by atoms with van der Waals surface area (Å²) in [6, 6.07) is 10.8. The topological polar surface area (TPSA) is 109 Å². The third-order valence-electron chi connectivity index (χ3n) is 5.85. The highest BCUT2D eigenvalue weighted by Gasteiger charge is 2.25. The van der Waals surface area contributed by atoms with Crippen molar-refractivity contribution in [3.8, 4) is 11.3 Å². The number of anilines is 1. The lowest BCUT2D eigenvalue weighted by Crippen LogP contribution is -2.37. The number of carbonyl (C=O) groups is 2. The van der Waals surface area contributed by atoms with Crippen LogP contribution in [0.1, 0.15) is 37.1 Å². The Morgan fingerprint density at radius 3 is 2.68 bits per heavy atom. The lowest BCUT2D eigenvalue weighted by molar-refractivity contribution is -0.115. The molecule has 3 aromatic heterocycles. The van der Waals surface area contributed by atoms with E-state index >= 15 is 0 Å². The molecule has 5 rings (SSSR count). The van der Waals surface area contributed by atoms with Crippen LogP contribution in [0.2, 0.25) is 0 Å².